The van der Waals surface area contributed by atoms with Gasteiger partial charge in [-0.3, -0.25) is 4.98 Å². The third-order valence-corrected chi connectivity index (χ3v) is 3.72. The number of rotatable bonds is 7. The Labute approximate surface area is 112 Å². The molecule has 2 heterocycles. The van der Waals surface area contributed by atoms with Crippen molar-refractivity contribution in [1.29, 1.82) is 0 Å². The largest absolute Gasteiger partial charge is 0.383 e. The number of methoxy groups -OCH3 is 1. The van der Waals surface area contributed by atoms with Crippen molar-refractivity contribution in [2.45, 2.75) is 20.0 Å². The van der Waals surface area contributed by atoms with Crippen molar-refractivity contribution in [3.05, 3.63) is 40.1 Å². The first-order valence-corrected chi connectivity index (χ1v) is 6.91. The second-order valence-corrected chi connectivity index (χ2v) is 5.16. The number of nitrogens with zero attached hydrogens (tertiary/aromatic N) is 2. The van der Waals surface area contributed by atoms with Crippen LogP contribution in [0.1, 0.15) is 16.1 Å². The monoisotopic (exact) mass is 265 g/mol. The molecular weight excluding hydrogens is 246 g/mol. The van der Waals surface area contributed by atoms with Crippen LogP contribution in [0.3, 0.4) is 0 Å². The van der Waals surface area contributed by atoms with Gasteiger partial charge in [0.15, 0.2) is 0 Å². The number of nitrogens with one attached hydrogen (secondary N) is 1. The summed E-state index contributed by atoms with van der Waals surface area (Å²) in [5, 5.41) is 3.37. The smallest absolute Gasteiger partial charge is 0.0794 e. The molecule has 0 spiro atoms. The van der Waals surface area contributed by atoms with Gasteiger partial charge in [-0.05, 0) is 18.6 Å². The van der Waals surface area contributed by atoms with E-state index >= 15 is 0 Å². The van der Waals surface area contributed by atoms with Gasteiger partial charge in [-0.25, -0.2) is 0 Å². The van der Waals surface area contributed by atoms with Crippen LogP contribution in [0.4, 0.5) is 0 Å². The van der Waals surface area contributed by atoms with Crippen LogP contribution in [0.25, 0.3) is 0 Å². The van der Waals surface area contributed by atoms with Crippen molar-refractivity contribution in [3.63, 3.8) is 0 Å². The predicted molar refractivity (Wildman–Crippen MR) is 74.0 cm³/mol. The summed E-state index contributed by atoms with van der Waals surface area (Å²) < 4.78 is 7.28. The molecular formula is C13H19N3OS. The van der Waals surface area contributed by atoms with Crippen molar-refractivity contribution in [3.8, 4) is 0 Å². The highest BCUT2D eigenvalue weighted by Crippen LogP contribution is 2.14. The SMILES string of the molecule is COCCNCc1ccn(Cc2cncs2)c1C. The van der Waals surface area contributed by atoms with E-state index in [1.807, 2.05) is 11.7 Å². The van der Waals surface area contributed by atoms with E-state index < -0.39 is 0 Å². The molecule has 0 radical (unpaired) electrons. The van der Waals surface area contributed by atoms with Gasteiger partial charge >= 0.3 is 0 Å². The highest BCUT2D eigenvalue weighted by Gasteiger charge is 2.05. The summed E-state index contributed by atoms with van der Waals surface area (Å²) in [6.07, 6.45) is 4.07. The summed E-state index contributed by atoms with van der Waals surface area (Å²) in [5.41, 5.74) is 4.53. The summed E-state index contributed by atoms with van der Waals surface area (Å²) in [6.45, 7) is 5.60. The molecule has 0 saturated carbocycles. The molecule has 98 valence electrons. The molecule has 0 amide bonds. The minimum Gasteiger partial charge on any atom is -0.383 e. The Morgan fingerprint density at radius 3 is 3.11 bits per heavy atom. The molecule has 0 atom stereocenters. The molecule has 0 aliphatic carbocycles. The molecule has 0 aliphatic rings. The summed E-state index contributed by atoms with van der Waals surface area (Å²) in [4.78, 5) is 5.39. The van der Waals surface area contributed by atoms with E-state index in [1.54, 1.807) is 18.4 Å². The van der Waals surface area contributed by atoms with Gasteiger partial charge in [-0.1, -0.05) is 0 Å². The summed E-state index contributed by atoms with van der Waals surface area (Å²) in [7, 11) is 1.72. The van der Waals surface area contributed by atoms with Gasteiger partial charge < -0.3 is 14.6 Å². The first-order chi connectivity index (χ1) is 8.81. The van der Waals surface area contributed by atoms with E-state index in [2.05, 4.69) is 34.1 Å². The lowest BCUT2D eigenvalue weighted by molar-refractivity contribution is 0.199. The predicted octanol–water partition coefficient (Wildman–Crippen LogP) is 2.04. The van der Waals surface area contributed by atoms with Crippen molar-refractivity contribution in [2.24, 2.45) is 0 Å². The van der Waals surface area contributed by atoms with Crippen molar-refractivity contribution >= 4 is 11.3 Å². The topological polar surface area (TPSA) is 39.1 Å². The molecule has 2 rings (SSSR count). The van der Waals surface area contributed by atoms with E-state index in [4.69, 9.17) is 4.74 Å². The lowest BCUT2D eigenvalue weighted by Crippen LogP contribution is -2.18. The molecule has 0 fully saturated rings. The molecule has 4 nitrogen and oxygen atoms in total. The third kappa shape index (κ3) is 3.41. The lowest BCUT2D eigenvalue weighted by Gasteiger charge is -2.07. The van der Waals surface area contributed by atoms with Gasteiger partial charge in [0.1, 0.15) is 0 Å². The van der Waals surface area contributed by atoms with Gasteiger partial charge in [0, 0.05) is 43.2 Å². The van der Waals surface area contributed by atoms with Crippen LogP contribution in [0, 0.1) is 6.92 Å². The number of aromatic nitrogens is 2. The fourth-order valence-electron chi connectivity index (χ4n) is 1.84. The lowest BCUT2D eigenvalue weighted by atomic mass is 10.2. The molecule has 0 unspecified atom stereocenters. The number of hydrogen-bond acceptors (Lipinski definition) is 4. The maximum Gasteiger partial charge on any atom is 0.0794 e. The van der Waals surface area contributed by atoms with E-state index in [-0.39, 0.29) is 0 Å². The van der Waals surface area contributed by atoms with Crippen LogP contribution in [0.15, 0.2) is 24.0 Å². The van der Waals surface area contributed by atoms with E-state index in [0.29, 0.717) is 0 Å². The Kier molecular flexibility index (Phi) is 4.92. The zero-order valence-corrected chi connectivity index (χ0v) is 11.7. The minimum absolute atomic E-state index is 0.751. The van der Waals surface area contributed by atoms with Crippen LogP contribution >= 0.6 is 11.3 Å². The normalized spacial score (nSPS) is 11.0. The van der Waals surface area contributed by atoms with Crippen LogP contribution in [-0.4, -0.2) is 29.8 Å². The van der Waals surface area contributed by atoms with Gasteiger partial charge in [0.2, 0.25) is 0 Å². The summed E-state index contributed by atoms with van der Waals surface area (Å²) in [6, 6.07) is 2.18. The molecule has 5 heteroatoms. The van der Waals surface area contributed by atoms with E-state index in [9.17, 15) is 0 Å². The van der Waals surface area contributed by atoms with Gasteiger partial charge in [-0.2, -0.15) is 0 Å². The fourth-order valence-corrected chi connectivity index (χ4v) is 2.43. The third-order valence-electron chi connectivity index (χ3n) is 2.96. The first-order valence-electron chi connectivity index (χ1n) is 6.03. The highest BCUT2D eigenvalue weighted by atomic mass is 32.1. The molecule has 2 aromatic rings. The molecule has 0 aromatic carbocycles. The first kappa shape index (κ1) is 13.3. The second-order valence-electron chi connectivity index (χ2n) is 4.19. The van der Waals surface area contributed by atoms with Crippen molar-refractivity contribution in [2.75, 3.05) is 20.3 Å². The van der Waals surface area contributed by atoms with Crippen LogP contribution in [0.5, 0.6) is 0 Å². The Morgan fingerprint density at radius 2 is 2.39 bits per heavy atom. The van der Waals surface area contributed by atoms with Gasteiger partial charge in [0.25, 0.3) is 0 Å². The average molecular weight is 265 g/mol. The number of ether oxygens (including phenoxy) is 1. The van der Waals surface area contributed by atoms with Crippen molar-refractivity contribution < 1.29 is 4.74 Å². The Morgan fingerprint density at radius 1 is 1.50 bits per heavy atom. The maximum atomic E-state index is 5.01. The standard InChI is InChI=1S/C13H19N3OS/c1-11-12(7-14-4-6-17-2)3-5-16(11)9-13-8-15-10-18-13/h3,5,8,10,14H,4,6-7,9H2,1-2H3. The van der Waals surface area contributed by atoms with Crippen molar-refractivity contribution in [1.82, 2.24) is 14.9 Å². The van der Waals surface area contributed by atoms with Gasteiger partial charge in [-0.15, -0.1) is 11.3 Å². The van der Waals surface area contributed by atoms with Crippen LogP contribution < -0.4 is 5.32 Å². The summed E-state index contributed by atoms with van der Waals surface area (Å²) >= 11 is 1.70. The molecule has 1 N–H and O–H groups in total. The highest BCUT2D eigenvalue weighted by molar-refractivity contribution is 7.09. The summed E-state index contributed by atoms with van der Waals surface area (Å²) in [5.74, 6) is 0. The van der Waals surface area contributed by atoms with E-state index in [0.717, 1.165) is 26.2 Å². The Hall–Kier alpha value is -1.17. The molecule has 0 aliphatic heterocycles. The van der Waals surface area contributed by atoms with Gasteiger partial charge in [0.05, 0.1) is 18.7 Å². The number of thiazole rings is 1. The zero-order valence-electron chi connectivity index (χ0n) is 10.8. The maximum absolute atomic E-state index is 5.01. The Bertz CT molecular complexity index is 465. The second kappa shape index (κ2) is 6.68. The Balaban J connectivity index is 1.91. The molecule has 18 heavy (non-hydrogen) atoms. The quantitative estimate of drug-likeness (QED) is 0.779. The van der Waals surface area contributed by atoms with E-state index in [1.165, 1.54) is 16.1 Å². The minimum atomic E-state index is 0.751. The average Bonchev–Trinajstić information content (AvgIpc) is 2.99. The molecule has 2 aromatic heterocycles. The zero-order chi connectivity index (χ0) is 12.8. The number of hydrogen-bond donors (Lipinski definition) is 1. The van der Waals surface area contributed by atoms with Crippen LogP contribution in [-0.2, 0) is 17.8 Å². The van der Waals surface area contributed by atoms with Crippen LogP contribution in [0.2, 0.25) is 0 Å². The molecule has 0 saturated heterocycles. The molecule has 0 bridgehead atoms. The fraction of sp³-hybridized carbons (Fsp3) is 0.462.